The summed E-state index contributed by atoms with van der Waals surface area (Å²) in [6.07, 6.45) is 4.03. The molecule has 0 radical (unpaired) electrons. The second kappa shape index (κ2) is 10.0. The predicted molar refractivity (Wildman–Crippen MR) is 86.8 cm³/mol. The summed E-state index contributed by atoms with van der Waals surface area (Å²) in [6, 6.07) is 7.82. The first-order valence-electron chi connectivity index (χ1n) is 7.64. The van der Waals surface area contributed by atoms with Crippen molar-refractivity contribution in [3.8, 4) is 5.75 Å². The fourth-order valence-electron chi connectivity index (χ4n) is 1.95. The van der Waals surface area contributed by atoms with Gasteiger partial charge in [-0.2, -0.15) is 0 Å². The van der Waals surface area contributed by atoms with Crippen molar-refractivity contribution >= 4 is 5.97 Å². The fourth-order valence-corrected chi connectivity index (χ4v) is 1.95. The molecule has 0 aliphatic carbocycles. The highest BCUT2D eigenvalue weighted by Gasteiger charge is 2.12. The van der Waals surface area contributed by atoms with Crippen LogP contribution in [0.4, 0.5) is 0 Å². The standard InChI is InChI=1S/C18H26O4/c1-5-21-18(19)8-6-7-17(14(2)3)22-13-15-9-11-16(20-4)12-10-15/h6,8-12,14,17H,5,7,13H2,1-4H3/b8-6+/t17-/m0/s1. The summed E-state index contributed by atoms with van der Waals surface area (Å²) in [5.41, 5.74) is 1.10. The Bertz CT molecular complexity index is 462. The van der Waals surface area contributed by atoms with Crippen LogP contribution in [-0.4, -0.2) is 25.8 Å². The fraction of sp³-hybridized carbons (Fsp3) is 0.500. The van der Waals surface area contributed by atoms with Crippen molar-refractivity contribution in [3.05, 3.63) is 42.0 Å². The molecule has 4 heteroatoms. The molecule has 122 valence electrons. The van der Waals surface area contributed by atoms with Gasteiger partial charge in [-0.3, -0.25) is 0 Å². The van der Waals surface area contributed by atoms with Gasteiger partial charge >= 0.3 is 5.97 Å². The number of rotatable bonds is 9. The number of carbonyl (C=O) groups excluding carboxylic acids is 1. The van der Waals surface area contributed by atoms with E-state index >= 15 is 0 Å². The van der Waals surface area contributed by atoms with Crippen molar-refractivity contribution in [2.24, 2.45) is 5.92 Å². The highest BCUT2D eigenvalue weighted by molar-refractivity contribution is 5.81. The molecule has 0 saturated carbocycles. The van der Waals surface area contributed by atoms with Crippen LogP contribution in [-0.2, 0) is 20.9 Å². The monoisotopic (exact) mass is 306 g/mol. The average Bonchev–Trinajstić information content (AvgIpc) is 2.51. The maximum atomic E-state index is 11.3. The van der Waals surface area contributed by atoms with Crippen molar-refractivity contribution < 1.29 is 19.0 Å². The van der Waals surface area contributed by atoms with Crippen molar-refractivity contribution in [2.45, 2.75) is 39.9 Å². The van der Waals surface area contributed by atoms with E-state index in [1.165, 1.54) is 6.08 Å². The molecule has 0 N–H and O–H groups in total. The zero-order valence-corrected chi connectivity index (χ0v) is 13.9. The Morgan fingerprint density at radius 2 is 1.91 bits per heavy atom. The zero-order valence-electron chi connectivity index (χ0n) is 13.9. The van der Waals surface area contributed by atoms with Crippen molar-refractivity contribution in [3.63, 3.8) is 0 Å². The van der Waals surface area contributed by atoms with Gasteiger partial charge < -0.3 is 14.2 Å². The lowest BCUT2D eigenvalue weighted by Crippen LogP contribution is -2.19. The van der Waals surface area contributed by atoms with Crippen LogP contribution < -0.4 is 4.74 Å². The average molecular weight is 306 g/mol. The number of carbonyl (C=O) groups is 1. The van der Waals surface area contributed by atoms with Gasteiger partial charge in [0.15, 0.2) is 0 Å². The number of methoxy groups -OCH3 is 1. The smallest absolute Gasteiger partial charge is 0.330 e. The Labute approximate surface area is 133 Å². The van der Waals surface area contributed by atoms with Gasteiger partial charge in [0.05, 0.1) is 26.4 Å². The molecule has 0 heterocycles. The largest absolute Gasteiger partial charge is 0.497 e. The normalized spacial score (nSPS) is 12.6. The molecule has 0 bridgehead atoms. The quantitative estimate of drug-likeness (QED) is 0.515. The van der Waals surface area contributed by atoms with E-state index in [1.54, 1.807) is 14.0 Å². The van der Waals surface area contributed by atoms with Crippen LogP contribution in [0.5, 0.6) is 5.75 Å². The third-order valence-electron chi connectivity index (χ3n) is 3.28. The molecular weight excluding hydrogens is 280 g/mol. The lowest BCUT2D eigenvalue weighted by Gasteiger charge is -2.20. The Morgan fingerprint density at radius 1 is 1.23 bits per heavy atom. The van der Waals surface area contributed by atoms with Gasteiger partial charge in [0.25, 0.3) is 0 Å². The van der Waals surface area contributed by atoms with Crippen molar-refractivity contribution in [2.75, 3.05) is 13.7 Å². The van der Waals surface area contributed by atoms with Crippen LogP contribution in [0.2, 0.25) is 0 Å². The number of ether oxygens (including phenoxy) is 3. The van der Waals surface area contributed by atoms with Crippen molar-refractivity contribution in [1.82, 2.24) is 0 Å². The number of benzene rings is 1. The number of esters is 1. The van der Waals surface area contributed by atoms with Gasteiger partial charge in [-0.1, -0.05) is 32.1 Å². The third-order valence-corrected chi connectivity index (χ3v) is 3.28. The highest BCUT2D eigenvalue weighted by atomic mass is 16.5. The topological polar surface area (TPSA) is 44.8 Å². The molecule has 1 aromatic carbocycles. The van der Waals surface area contributed by atoms with Crippen LogP contribution in [0.15, 0.2) is 36.4 Å². The molecule has 0 fully saturated rings. The number of hydrogen-bond acceptors (Lipinski definition) is 4. The van der Waals surface area contributed by atoms with Crippen molar-refractivity contribution in [1.29, 1.82) is 0 Å². The molecule has 0 aliphatic heterocycles. The zero-order chi connectivity index (χ0) is 16.4. The highest BCUT2D eigenvalue weighted by Crippen LogP contribution is 2.16. The van der Waals surface area contributed by atoms with E-state index in [0.717, 1.165) is 11.3 Å². The maximum Gasteiger partial charge on any atom is 0.330 e. The Hall–Kier alpha value is -1.81. The minimum atomic E-state index is -0.305. The van der Waals surface area contributed by atoms with Gasteiger partial charge in [-0.05, 0) is 37.0 Å². The van der Waals surface area contributed by atoms with E-state index in [0.29, 0.717) is 25.6 Å². The van der Waals surface area contributed by atoms with Gasteiger partial charge in [0, 0.05) is 6.08 Å². The summed E-state index contributed by atoms with van der Waals surface area (Å²) in [7, 11) is 1.65. The lowest BCUT2D eigenvalue weighted by atomic mass is 10.0. The van der Waals surface area contributed by atoms with E-state index in [2.05, 4.69) is 13.8 Å². The molecule has 0 aliphatic rings. The Balaban J connectivity index is 2.48. The molecule has 0 saturated heterocycles. The second-order valence-corrected chi connectivity index (χ2v) is 5.33. The molecule has 1 rings (SSSR count). The lowest BCUT2D eigenvalue weighted by molar-refractivity contribution is -0.137. The van der Waals surface area contributed by atoms with Crippen LogP contribution >= 0.6 is 0 Å². The summed E-state index contributed by atoms with van der Waals surface area (Å²) in [5.74, 6) is 0.895. The third kappa shape index (κ3) is 6.76. The molecule has 22 heavy (non-hydrogen) atoms. The molecule has 0 spiro atoms. The first kappa shape index (κ1) is 18.2. The van der Waals surface area contributed by atoms with E-state index in [4.69, 9.17) is 14.2 Å². The molecule has 0 amide bonds. The summed E-state index contributed by atoms with van der Waals surface area (Å²) < 4.78 is 16.0. The Morgan fingerprint density at radius 3 is 2.45 bits per heavy atom. The van der Waals surface area contributed by atoms with Crippen LogP contribution in [0.25, 0.3) is 0 Å². The predicted octanol–water partition coefficient (Wildman–Crippen LogP) is 3.75. The summed E-state index contributed by atoms with van der Waals surface area (Å²) >= 11 is 0. The van der Waals surface area contributed by atoms with Gasteiger partial charge in [0.1, 0.15) is 5.75 Å². The molecule has 0 aromatic heterocycles. The molecule has 1 atom stereocenters. The van der Waals surface area contributed by atoms with Gasteiger partial charge in [0.2, 0.25) is 0 Å². The van der Waals surface area contributed by atoms with Crippen LogP contribution in [0.1, 0.15) is 32.8 Å². The molecule has 1 aromatic rings. The van der Waals surface area contributed by atoms with Crippen LogP contribution in [0, 0.1) is 5.92 Å². The van der Waals surface area contributed by atoms with Crippen LogP contribution in [0.3, 0.4) is 0 Å². The second-order valence-electron chi connectivity index (χ2n) is 5.33. The summed E-state index contributed by atoms with van der Waals surface area (Å²) in [5, 5.41) is 0. The number of hydrogen-bond donors (Lipinski definition) is 0. The van der Waals surface area contributed by atoms with E-state index in [9.17, 15) is 4.79 Å². The molecule has 4 nitrogen and oxygen atoms in total. The Kier molecular flexibility index (Phi) is 8.30. The maximum absolute atomic E-state index is 11.3. The SMILES string of the molecule is CCOC(=O)/C=C/C[C@H](OCc1ccc(OC)cc1)C(C)C. The van der Waals surface area contributed by atoms with E-state index in [1.807, 2.05) is 30.3 Å². The minimum absolute atomic E-state index is 0.0628. The van der Waals surface area contributed by atoms with Gasteiger partial charge in [-0.25, -0.2) is 4.79 Å². The molecule has 0 unspecified atom stereocenters. The molecular formula is C18H26O4. The minimum Gasteiger partial charge on any atom is -0.497 e. The summed E-state index contributed by atoms with van der Waals surface area (Å²) in [6.45, 7) is 6.94. The van der Waals surface area contributed by atoms with Gasteiger partial charge in [-0.15, -0.1) is 0 Å². The summed E-state index contributed by atoms with van der Waals surface area (Å²) in [4.78, 5) is 11.3. The first-order chi connectivity index (χ1) is 10.6. The van der Waals surface area contributed by atoms with E-state index < -0.39 is 0 Å². The van der Waals surface area contributed by atoms with E-state index in [-0.39, 0.29) is 12.1 Å². The first-order valence-corrected chi connectivity index (χ1v) is 7.64.